The predicted molar refractivity (Wildman–Crippen MR) is 238 cm³/mol. The van der Waals surface area contributed by atoms with Crippen molar-refractivity contribution < 1.29 is 46.0 Å². The maximum Gasteiger partial charge on any atom is 0.475 e. The number of H-pyrrole nitrogens is 1. The molecule has 2 unspecified atom stereocenters. The third-order valence-corrected chi connectivity index (χ3v) is 16.2. The standard InChI is InChI=1S/C40H45N13O11P2S/c1-21(2)35(54)48-39-47-34-28(37(56)49-39)50-51-53(34)38-30-22(3)26(62-38)17-60-66(67,59-15-13-42-5)64-31-23(4)29(25-16-40(25,31)18-61-65(57,63-30)58-14-9-12-41)52-20-45-27-32(43-19-44-33(27)52)46-36(55)24-10-7-6-8-11-24/h6-8,10-11,19-23,25-26,29-31,38H,9,13-18H2,1-4H3,(H,43,44,46,55)(H2,47,48,49,54,56)/t22-,23+,25-,26-,29+,30-,31+,38-,40-,65?,66?/m1/s1. The van der Waals surface area contributed by atoms with E-state index in [1.807, 2.05) is 23.6 Å². The zero-order chi connectivity index (χ0) is 47.3. The molecule has 5 aromatic rings. The Labute approximate surface area is 387 Å². The van der Waals surface area contributed by atoms with E-state index in [1.54, 1.807) is 51.4 Å². The van der Waals surface area contributed by atoms with Crippen molar-refractivity contribution in [3.8, 4) is 6.07 Å². The summed E-state index contributed by atoms with van der Waals surface area (Å²) >= 11 is 6.12. The predicted octanol–water partition coefficient (Wildman–Crippen LogP) is 4.95. The number of benzene rings is 1. The molecule has 1 spiro atoms. The minimum atomic E-state index is -4.64. The lowest BCUT2D eigenvalue weighted by Crippen LogP contribution is -2.33. The summed E-state index contributed by atoms with van der Waals surface area (Å²) in [7, 11) is -4.64. The number of rotatable bonds is 12. The zero-order valence-electron chi connectivity index (χ0n) is 36.5. The topological polar surface area (TPSA) is 288 Å². The van der Waals surface area contributed by atoms with Gasteiger partial charge in [-0.3, -0.25) is 38.3 Å². The molecule has 2 bridgehead atoms. The molecule has 2 aliphatic heterocycles. The summed E-state index contributed by atoms with van der Waals surface area (Å²) in [6.45, 7) is 9.76. The van der Waals surface area contributed by atoms with Crippen LogP contribution in [-0.2, 0) is 53.0 Å². The lowest BCUT2D eigenvalue weighted by atomic mass is 9.94. The number of fused-ring (bicyclic) bond motifs is 4. The number of phosphoric ester groups is 1. The Morgan fingerprint density at radius 1 is 1.09 bits per heavy atom. The first-order chi connectivity index (χ1) is 32.2. The molecule has 27 heteroatoms. The Balaban J connectivity index is 1.08. The van der Waals surface area contributed by atoms with Crippen molar-refractivity contribution in [2.75, 3.05) is 43.6 Å². The Morgan fingerprint density at radius 2 is 1.90 bits per heavy atom. The number of nitrogens with zero attached hydrogens (tertiary/aromatic N) is 10. The van der Waals surface area contributed by atoms with Crippen LogP contribution >= 0.6 is 14.5 Å². The van der Waals surface area contributed by atoms with Crippen molar-refractivity contribution in [1.82, 2.24) is 44.5 Å². The molecule has 11 atom stereocenters. The Kier molecular flexibility index (Phi) is 12.9. The molecule has 4 fully saturated rings. The van der Waals surface area contributed by atoms with Gasteiger partial charge in [-0.25, -0.2) is 26.1 Å². The molecular weight excluding hydrogens is 933 g/mol. The normalized spacial score (nSPS) is 31.4. The second-order valence-corrected chi connectivity index (χ2v) is 21.5. The van der Waals surface area contributed by atoms with Gasteiger partial charge in [0.1, 0.15) is 19.0 Å². The van der Waals surface area contributed by atoms with E-state index in [2.05, 4.69) is 50.7 Å². The van der Waals surface area contributed by atoms with E-state index in [9.17, 15) is 19.6 Å². The first-order valence-electron chi connectivity index (χ1n) is 21.4. The van der Waals surface area contributed by atoms with Crippen molar-refractivity contribution in [3.05, 3.63) is 70.3 Å². The Bertz CT molecular complexity index is 2960. The van der Waals surface area contributed by atoms with Crippen LogP contribution in [0, 0.1) is 47.0 Å². The van der Waals surface area contributed by atoms with E-state index in [0.29, 0.717) is 23.1 Å². The summed E-state index contributed by atoms with van der Waals surface area (Å²) in [5.41, 5.74) is -0.660. The quantitative estimate of drug-likeness (QED) is 0.0847. The summed E-state index contributed by atoms with van der Waals surface area (Å²) in [6.07, 6.45) is -0.884. The molecular formula is C40H45N13O11P2S. The van der Waals surface area contributed by atoms with Crippen LogP contribution in [0.1, 0.15) is 63.2 Å². The fraction of sp³-hybridized carbons (Fsp3) is 0.525. The molecule has 4 aromatic heterocycles. The maximum atomic E-state index is 15.1. The van der Waals surface area contributed by atoms with E-state index >= 15 is 4.57 Å². The highest BCUT2D eigenvalue weighted by Gasteiger charge is 2.73. The summed E-state index contributed by atoms with van der Waals surface area (Å²) in [6, 6.07) is 10.3. The highest BCUT2D eigenvalue weighted by Crippen LogP contribution is 2.74. The van der Waals surface area contributed by atoms with E-state index in [1.165, 1.54) is 11.0 Å². The van der Waals surface area contributed by atoms with E-state index in [4.69, 9.17) is 50.3 Å². The van der Waals surface area contributed by atoms with E-state index < -0.39 is 67.8 Å². The number of hydrogen-bond acceptors (Lipinski definition) is 19. The van der Waals surface area contributed by atoms with Crippen LogP contribution in [0.3, 0.4) is 0 Å². The Morgan fingerprint density at radius 3 is 2.66 bits per heavy atom. The smallest absolute Gasteiger partial charge is 0.347 e. The first-order valence-corrected chi connectivity index (χ1v) is 25.4. The largest absolute Gasteiger partial charge is 0.475 e. The molecule has 67 heavy (non-hydrogen) atoms. The summed E-state index contributed by atoms with van der Waals surface area (Å²) in [5, 5.41) is 23.1. The number of nitriles is 1. The number of imidazole rings is 1. The fourth-order valence-corrected chi connectivity index (χ4v) is 12.7. The molecule has 0 radical (unpaired) electrons. The molecule has 2 saturated carbocycles. The van der Waals surface area contributed by atoms with Crippen molar-refractivity contribution in [3.63, 3.8) is 0 Å². The van der Waals surface area contributed by atoms with Crippen LogP contribution in [0.2, 0.25) is 0 Å². The van der Waals surface area contributed by atoms with Gasteiger partial charge < -0.3 is 33.0 Å². The molecule has 24 nitrogen and oxygen atoms in total. The van der Waals surface area contributed by atoms with Crippen LogP contribution in [0.5, 0.6) is 0 Å². The summed E-state index contributed by atoms with van der Waals surface area (Å²) < 4.78 is 62.8. The fourth-order valence-electron chi connectivity index (χ4n) is 9.00. The number of hydrogen-bond donors (Lipinski definition) is 3. The van der Waals surface area contributed by atoms with Crippen LogP contribution < -0.4 is 16.2 Å². The van der Waals surface area contributed by atoms with Gasteiger partial charge in [-0.2, -0.15) is 14.9 Å². The zero-order valence-corrected chi connectivity index (χ0v) is 39.1. The van der Waals surface area contributed by atoms with Crippen molar-refractivity contribution in [2.45, 2.75) is 71.1 Å². The SMILES string of the molecule is [C-]#[N+]CCOP1(=S)OC[C@H]2O[C@@H](n3nnc4c(=O)[nH]c(NC(=O)C(C)C)nc43)[C@H](OP(=O)(OCCC#N)OC[C@]34C[C@@H]3[C@@H](n3cnc5c(NC(=O)c6ccccc6)ncnc53)[C@H](C)[C@@H]4O1)[C@@H]2C. The number of carbonyl (C=O) groups is 2. The average Bonchev–Trinajstić information content (AvgIpc) is 3.56. The average molecular weight is 978 g/mol. The van der Waals surface area contributed by atoms with Crippen molar-refractivity contribution in [1.29, 1.82) is 5.26 Å². The number of aromatic amines is 1. The van der Waals surface area contributed by atoms with Gasteiger partial charge in [0.2, 0.25) is 18.4 Å². The number of carbonyl (C=O) groups excluding carboxylic acids is 2. The van der Waals surface area contributed by atoms with Gasteiger partial charge in [0.05, 0.1) is 50.8 Å². The molecule has 2 amide bonds. The van der Waals surface area contributed by atoms with E-state index in [-0.39, 0.29) is 86.1 Å². The van der Waals surface area contributed by atoms with Crippen LogP contribution in [0.4, 0.5) is 11.8 Å². The summed E-state index contributed by atoms with van der Waals surface area (Å²) in [5.74, 6) is -2.48. The maximum absolute atomic E-state index is 15.1. The molecule has 1 aromatic carbocycles. The van der Waals surface area contributed by atoms with Crippen molar-refractivity contribution in [2.24, 2.45) is 29.1 Å². The minimum Gasteiger partial charge on any atom is -0.347 e. The van der Waals surface area contributed by atoms with Crippen LogP contribution in [0.25, 0.3) is 27.2 Å². The van der Waals surface area contributed by atoms with Gasteiger partial charge >= 0.3 is 14.5 Å². The molecule has 4 aliphatic rings. The van der Waals surface area contributed by atoms with Gasteiger partial charge in [-0.1, -0.05) is 51.1 Å². The third kappa shape index (κ3) is 8.93. The number of anilines is 2. The van der Waals surface area contributed by atoms with Crippen LogP contribution in [-0.4, -0.2) is 108 Å². The lowest BCUT2D eigenvalue weighted by Gasteiger charge is -2.34. The van der Waals surface area contributed by atoms with Crippen molar-refractivity contribution >= 4 is 72.3 Å². The second kappa shape index (κ2) is 18.6. The van der Waals surface area contributed by atoms with Gasteiger partial charge in [0.15, 0.2) is 34.4 Å². The highest BCUT2D eigenvalue weighted by molar-refractivity contribution is 8.07. The molecule has 352 valence electrons. The molecule has 9 rings (SSSR count). The summed E-state index contributed by atoms with van der Waals surface area (Å²) in [4.78, 5) is 62.8. The molecule has 6 heterocycles. The van der Waals surface area contributed by atoms with Gasteiger partial charge in [0.25, 0.3) is 11.5 Å². The van der Waals surface area contributed by atoms with E-state index in [0.717, 1.165) is 0 Å². The number of ether oxygens (including phenoxy) is 1. The molecule has 2 saturated heterocycles. The lowest BCUT2D eigenvalue weighted by molar-refractivity contribution is -0.118. The number of aromatic nitrogens is 9. The number of nitrogens with one attached hydrogen (secondary N) is 3. The monoisotopic (exact) mass is 977 g/mol. The van der Waals surface area contributed by atoms with Gasteiger partial charge in [0, 0.05) is 34.8 Å². The number of amides is 2. The second-order valence-electron chi connectivity index (χ2n) is 17.0. The minimum absolute atomic E-state index is 0.0304. The number of phosphoric acid groups is 1. The Hall–Kier alpha value is -5.43. The first kappa shape index (κ1) is 46.7. The van der Waals surface area contributed by atoms with Gasteiger partial charge in [-0.05, 0) is 36.3 Å². The molecule has 3 N–H and O–H groups in total. The third-order valence-electron chi connectivity index (χ3n) is 12.5. The molecule has 2 aliphatic carbocycles. The van der Waals surface area contributed by atoms with Gasteiger partial charge in [-0.15, -0.1) is 5.10 Å². The van der Waals surface area contributed by atoms with Crippen LogP contribution in [0.15, 0.2) is 47.8 Å². The highest BCUT2D eigenvalue weighted by atomic mass is 32.5.